The van der Waals surface area contributed by atoms with Crippen molar-refractivity contribution in [2.75, 3.05) is 6.73 Å². The normalized spacial score (nSPS) is 19.4. The molecule has 1 aliphatic carbocycles. The topological polar surface area (TPSA) is 77.3 Å². The molecule has 0 aliphatic heterocycles. The fraction of sp³-hybridized carbons (Fsp3) is 0.700. The highest BCUT2D eigenvalue weighted by Crippen LogP contribution is 2.41. The van der Waals surface area contributed by atoms with Crippen LogP contribution in [-0.4, -0.2) is 27.6 Å². The molecule has 31 heavy (non-hydrogen) atoms. The van der Waals surface area contributed by atoms with Gasteiger partial charge in [0.1, 0.15) is 11.6 Å². The Labute approximate surface area is 182 Å². The lowest BCUT2D eigenvalue weighted by Crippen LogP contribution is -2.40. The predicted octanol–water partition coefficient (Wildman–Crippen LogP) is 3.43. The Morgan fingerprint density at radius 1 is 1.19 bits per heavy atom. The molecule has 174 valence electrons. The molecule has 1 fully saturated rings. The fourth-order valence-electron chi connectivity index (χ4n) is 3.42. The fourth-order valence-corrected chi connectivity index (χ4v) is 4.67. The molecule has 0 amide bonds. The Hall–Kier alpha value is -1.69. The molecule has 0 unspecified atom stereocenters. The lowest BCUT2D eigenvalue weighted by molar-refractivity contribution is -0.136. The predicted molar refractivity (Wildman–Crippen MR) is 114 cm³/mol. The van der Waals surface area contributed by atoms with Crippen molar-refractivity contribution in [1.82, 2.24) is 20.0 Å². The van der Waals surface area contributed by atoms with Crippen LogP contribution in [0, 0.1) is 12.8 Å². The number of ether oxygens (including phenoxy) is 1. The molecule has 2 atom stereocenters. The zero-order chi connectivity index (χ0) is 23.1. The maximum absolute atomic E-state index is 13.1. The Balaban J connectivity index is 1.94. The zero-order valence-electron chi connectivity index (χ0n) is 18.4. The standard InChI is InChI=1S/C20H29F3N4O3S/c1-11-8-13(11)27-16(28)15-12(2)14(9-24-25-10-30-19(3,4)5)31-17(15)26(18(27)29)7-6-20(21,22)23/h11,13,24-25H,6-10H2,1-5H3/t11-,13-/m0/s1. The van der Waals surface area contributed by atoms with Gasteiger partial charge in [-0.05, 0) is 45.6 Å². The third-order valence-electron chi connectivity index (χ3n) is 5.31. The number of rotatable bonds is 8. The summed E-state index contributed by atoms with van der Waals surface area (Å²) in [5.74, 6) is 0.158. The molecule has 1 aliphatic rings. The monoisotopic (exact) mass is 462 g/mol. The Bertz CT molecular complexity index is 1070. The van der Waals surface area contributed by atoms with E-state index in [1.165, 1.54) is 11.3 Å². The van der Waals surface area contributed by atoms with E-state index >= 15 is 0 Å². The highest BCUT2D eigenvalue weighted by Gasteiger charge is 2.38. The average Bonchev–Trinajstić information content (AvgIpc) is 3.23. The van der Waals surface area contributed by atoms with Crippen LogP contribution in [0.3, 0.4) is 0 Å². The molecule has 2 aromatic rings. The van der Waals surface area contributed by atoms with Gasteiger partial charge < -0.3 is 4.74 Å². The molecule has 0 radical (unpaired) electrons. The molecule has 2 N–H and O–H groups in total. The summed E-state index contributed by atoms with van der Waals surface area (Å²) in [6.07, 6.45) is -4.85. The summed E-state index contributed by atoms with van der Waals surface area (Å²) >= 11 is 1.17. The van der Waals surface area contributed by atoms with Gasteiger partial charge in [0, 0.05) is 24.0 Å². The van der Waals surface area contributed by atoms with Gasteiger partial charge in [0.2, 0.25) is 0 Å². The Morgan fingerprint density at radius 2 is 1.84 bits per heavy atom. The maximum atomic E-state index is 13.1. The van der Waals surface area contributed by atoms with Gasteiger partial charge in [0.25, 0.3) is 5.56 Å². The highest BCUT2D eigenvalue weighted by molar-refractivity contribution is 7.18. The van der Waals surface area contributed by atoms with Crippen LogP contribution in [0.25, 0.3) is 10.2 Å². The van der Waals surface area contributed by atoms with Crippen molar-refractivity contribution in [2.45, 2.75) is 78.4 Å². The van der Waals surface area contributed by atoms with Gasteiger partial charge in [-0.25, -0.2) is 10.2 Å². The molecular formula is C20H29F3N4O3S. The van der Waals surface area contributed by atoms with Crippen LogP contribution < -0.4 is 22.1 Å². The maximum Gasteiger partial charge on any atom is 0.390 e. The molecule has 2 aromatic heterocycles. The van der Waals surface area contributed by atoms with Crippen LogP contribution in [0.2, 0.25) is 0 Å². The van der Waals surface area contributed by atoms with Crippen molar-refractivity contribution in [1.29, 1.82) is 0 Å². The number of fused-ring (bicyclic) bond motifs is 1. The van der Waals surface area contributed by atoms with Gasteiger partial charge in [-0.3, -0.25) is 19.4 Å². The molecule has 2 heterocycles. The van der Waals surface area contributed by atoms with Crippen molar-refractivity contribution in [3.05, 3.63) is 31.3 Å². The molecule has 7 nitrogen and oxygen atoms in total. The van der Waals surface area contributed by atoms with E-state index in [4.69, 9.17) is 4.74 Å². The number of hydrogen-bond acceptors (Lipinski definition) is 6. The quantitative estimate of drug-likeness (QED) is 0.357. The number of halogens is 3. The minimum atomic E-state index is -4.40. The van der Waals surface area contributed by atoms with Crippen molar-refractivity contribution >= 4 is 21.6 Å². The number of nitrogens with zero attached hydrogens (tertiary/aromatic N) is 2. The van der Waals surface area contributed by atoms with E-state index < -0.39 is 30.4 Å². The SMILES string of the molecule is Cc1c(CNNCOC(C)(C)C)sc2c1c(=O)n([C@H]1C[C@@H]1C)c(=O)n2CCC(F)(F)F. The largest absolute Gasteiger partial charge is 0.390 e. The number of thiophene rings is 1. The first-order valence-corrected chi connectivity index (χ1v) is 11.1. The minimum Gasteiger partial charge on any atom is -0.359 e. The van der Waals surface area contributed by atoms with Crippen LogP contribution in [0.15, 0.2) is 9.59 Å². The van der Waals surface area contributed by atoms with Gasteiger partial charge >= 0.3 is 11.9 Å². The zero-order valence-corrected chi connectivity index (χ0v) is 19.2. The summed E-state index contributed by atoms with van der Waals surface area (Å²) in [7, 11) is 0. The van der Waals surface area contributed by atoms with Gasteiger partial charge in [-0.2, -0.15) is 13.2 Å². The van der Waals surface area contributed by atoms with E-state index in [0.717, 1.165) is 14.0 Å². The van der Waals surface area contributed by atoms with Gasteiger partial charge in [0.15, 0.2) is 0 Å². The van der Waals surface area contributed by atoms with E-state index in [-0.39, 0.29) is 24.3 Å². The van der Waals surface area contributed by atoms with E-state index in [9.17, 15) is 22.8 Å². The van der Waals surface area contributed by atoms with E-state index in [0.29, 0.717) is 28.7 Å². The second kappa shape index (κ2) is 8.68. The van der Waals surface area contributed by atoms with E-state index in [2.05, 4.69) is 10.9 Å². The number of hydrogen-bond donors (Lipinski definition) is 2. The number of nitrogens with one attached hydrogen (secondary N) is 2. The molecule has 0 bridgehead atoms. The first kappa shape index (κ1) is 24.0. The minimum absolute atomic E-state index is 0.158. The third kappa shape index (κ3) is 5.57. The number of alkyl halides is 3. The molecule has 11 heteroatoms. The van der Waals surface area contributed by atoms with Crippen LogP contribution in [0.1, 0.15) is 57.0 Å². The summed E-state index contributed by atoms with van der Waals surface area (Å²) in [6, 6.07) is -0.251. The lowest BCUT2D eigenvalue weighted by atomic mass is 10.2. The average molecular weight is 463 g/mol. The summed E-state index contributed by atoms with van der Waals surface area (Å²) in [6.45, 7) is 9.56. The summed E-state index contributed by atoms with van der Waals surface area (Å²) in [4.78, 5) is 27.2. The molecule has 0 saturated heterocycles. The second-order valence-corrected chi connectivity index (χ2v) is 10.1. The van der Waals surface area contributed by atoms with Crippen molar-refractivity contribution in [3.63, 3.8) is 0 Å². The van der Waals surface area contributed by atoms with Gasteiger partial charge in [-0.1, -0.05) is 6.92 Å². The Kier molecular flexibility index (Phi) is 6.71. The molecule has 0 spiro atoms. The summed E-state index contributed by atoms with van der Waals surface area (Å²) < 4.78 is 46.5. The molecule has 0 aromatic carbocycles. The van der Waals surface area contributed by atoms with E-state index in [1.54, 1.807) is 6.92 Å². The molecular weight excluding hydrogens is 433 g/mol. The summed E-state index contributed by atoms with van der Waals surface area (Å²) in [5.41, 5.74) is 5.23. The Morgan fingerprint density at radius 3 is 2.39 bits per heavy atom. The van der Waals surface area contributed by atoms with E-state index in [1.807, 2.05) is 27.7 Å². The van der Waals surface area contributed by atoms with Crippen molar-refractivity contribution in [3.8, 4) is 0 Å². The van der Waals surface area contributed by atoms with Crippen molar-refractivity contribution < 1.29 is 17.9 Å². The van der Waals surface area contributed by atoms with Crippen LogP contribution in [-0.2, 0) is 17.8 Å². The number of hydrazine groups is 1. The number of aromatic nitrogens is 2. The number of aryl methyl sites for hydroxylation is 2. The van der Waals surface area contributed by atoms with Crippen LogP contribution >= 0.6 is 11.3 Å². The first-order valence-electron chi connectivity index (χ1n) is 10.2. The summed E-state index contributed by atoms with van der Waals surface area (Å²) in [5, 5.41) is 0.327. The van der Waals surface area contributed by atoms with Crippen LogP contribution in [0.4, 0.5) is 13.2 Å². The molecule has 3 rings (SSSR count). The van der Waals surface area contributed by atoms with Gasteiger partial charge in [0.05, 0.1) is 17.4 Å². The first-order chi connectivity index (χ1) is 14.3. The second-order valence-electron chi connectivity index (χ2n) is 9.02. The molecule has 1 saturated carbocycles. The third-order valence-corrected chi connectivity index (χ3v) is 6.63. The van der Waals surface area contributed by atoms with Gasteiger partial charge in [-0.15, -0.1) is 11.3 Å². The lowest BCUT2D eigenvalue weighted by Gasteiger charge is -2.19. The van der Waals surface area contributed by atoms with Crippen molar-refractivity contribution in [2.24, 2.45) is 5.92 Å². The highest BCUT2D eigenvalue weighted by atomic mass is 32.1. The van der Waals surface area contributed by atoms with Crippen LogP contribution in [0.5, 0.6) is 0 Å². The smallest absolute Gasteiger partial charge is 0.359 e.